The molecule has 0 saturated carbocycles. The highest BCUT2D eigenvalue weighted by atomic mass is 16.6. The first kappa shape index (κ1) is 13.1. The predicted molar refractivity (Wildman–Crippen MR) is 62.3 cm³/mol. The van der Waals surface area contributed by atoms with Gasteiger partial charge in [0.15, 0.2) is 0 Å². The summed E-state index contributed by atoms with van der Waals surface area (Å²) < 4.78 is 2.17. The molecule has 0 amide bonds. The van der Waals surface area contributed by atoms with Crippen LogP contribution in [0.3, 0.4) is 0 Å². The van der Waals surface area contributed by atoms with Gasteiger partial charge in [0.2, 0.25) is 0 Å². The second-order valence-electron chi connectivity index (χ2n) is 3.67. The Hall–Kier alpha value is -1.92. The zero-order valence-corrected chi connectivity index (χ0v) is 10.1. The zero-order chi connectivity index (χ0) is 13.2. The van der Waals surface area contributed by atoms with Gasteiger partial charge in [-0.3, -0.25) is 24.0 Å². The van der Waals surface area contributed by atoms with E-state index in [0.717, 1.165) is 4.57 Å². The van der Waals surface area contributed by atoms with E-state index < -0.39 is 21.9 Å². The normalized spacial score (nSPS) is 10.5. The standard InChI is InChI=1S/C10H15N3O4/c1-4-6-12-9(14)8(13(16)17)7(3)11(5-2)10(12)15/h4-6H2,1-3H3. The third-order valence-electron chi connectivity index (χ3n) is 2.60. The first-order chi connectivity index (χ1) is 7.95. The van der Waals surface area contributed by atoms with Crippen molar-refractivity contribution in [3.63, 3.8) is 0 Å². The van der Waals surface area contributed by atoms with Crippen molar-refractivity contribution in [3.05, 3.63) is 36.6 Å². The summed E-state index contributed by atoms with van der Waals surface area (Å²) in [5, 5.41) is 10.9. The first-order valence-electron chi connectivity index (χ1n) is 5.44. The van der Waals surface area contributed by atoms with Gasteiger partial charge in [0.25, 0.3) is 0 Å². The van der Waals surface area contributed by atoms with Crippen LogP contribution in [0.25, 0.3) is 0 Å². The van der Waals surface area contributed by atoms with Crippen LogP contribution in [0, 0.1) is 17.0 Å². The fourth-order valence-electron chi connectivity index (χ4n) is 1.79. The lowest BCUT2D eigenvalue weighted by molar-refractivity contribution is -0.387. The molecule has 0 aromatic carbocycles. The van der Waals surface area contributed by atoms with E-state index in [1.165, 1.54) is 11.5 Å². The van der Waals surface area contributed by atoms with E-state index in [0.29, 0.717) is 13.0 Å². The van der Waals surface area contributed by atoms with E-state index in [-0.39, 0.29) is 12.2 Å². The molecule has 17 heavy (non-hydrogen) atoms. The fraction of sp³-hybridized carbons (Fsp3) is 0.600. The Kier molecular flexibility index (Phi) is 3.82. The zero-order valence-electron chi connectivity index (χ0n) is 10.1. The van der Waals surface area contributed by atoms with Crippen molar-refractivity contribution in [1.82, 2.24) is 9.13 Å². The summed E-state index contributed by atoms with van der Waals surface area (Å²) in [6.45, 7) is 5.42. The van der Waals surface area contributed by atoms with Gasteiger partial charge in [-0.15, -0.1) is 0 Å². The summed E-state index contributed by atoms with van der Waals surface area (Å²) in [5.41, 5.74) is -1.70. The molecule has 0 unspecified atom stereocenters. The predicted octanol–water partition coefficient (Wildman–Crippen LogP) is 0.657. The van der Waals surface area contributed by atoms with Crippen LogP contribution in [0.2, 0.25) is 0 Å². The maximum atomic E-state index is 11.9. The Morgan fingerprint density at radius 1 is 1.24 bits per heavy atom. The Balaban J connectivity index is 3.76. The number of hydrogen-bond donors (Lipinski definition) is 0. The van der Waals surface area contributed by atoms with Crippen LogP contribution >= 0.6 is 0 Å². The van der Waals surface area contributed by atoms with Crippen molar-refractivity contribution in [2.75, 3.05) is 0 Å². The largest absolute Gasteiger partial charge is 0.353 e. The molecule has 94 valence electrons. The van der Waals surface area contributed by atoms with E-state index in [1.54, 1.807) is 13.8 Å². The van der Waals surface area contributed by atoms with Gasteiger partial charge in [0, 0.05) is 13.1 Å². The lowest BCUT2D eigenvalue weighted by Crippen LogP contribution is -2.41. The highest BCUT2D eigenvalue weighted by molar-refractivity contribution is 5.31. The lowest BCUT2D eigenvalue weighted by atomic mass is 10.3. The fourth-order valence-corrected chi connectivity index (χ4v) is 1.79. The van der Waals surface area contributed by atoms with Crippen molar-refractivity contribution in [1.29, 1.82) is 0 Å². The third kappa shape index (κ3) is 2.13. The number of aromatic nitrogens is 2. The minimum atomic E-state index is -0.816. The second kappa shape index (κ2) is 4.94. The summed E-state index contributed by atoms with van der Waals surface area (Å²) in [5.74, 6) is 0. The number of hydrogen-bond acceptors (Lipinski definition) is 4. The molecule has 7 heteroatoms. The van der Waals surface area contributed by atoms with Gasteiger partial charge in [0.05, 0.1) is 4.92 Å². The molecule has 1 heterocycles. The van der Waals surface area contributed by atoms with Crippen LogP contribution in [0.1, 0.15) is 26.0 Å². The van der Waals surface area contributed by atoms with Crippen LogP contribution in [0.5, 0.6) is 0 Å². The van der Waals surface area contributed by atoms with Gasteiger partial charge < -0.3 is 0 Å². The van der Waals surface area contributed by atoms with E-state index in [4.69, 9.17) is 0 Å². The smallest absolute Gasteiger partial charge is 0.291 e. The average Bonchev–Trinajstić information content (AvgIpc) is 2.24. The molecule has 0 bridgehead atoms. The molecule has 0 radical (unpaired) electrons. The summed E-state index contributed by atoms with van der Waals surface area (Å²) in [7, 11) is 0. The Morgan fingerprint density at radius 3 is 2.24 bits per heavy atom. The first-order valence-corrected chi connectivity index (χ1v) is 5.44. The van der Waals surface area contributed by atoms with Crippen LogP contribution in [-0.2, 0) is 13.1 Å². The SMILES string of the molecule is CCCn1c(=O)c([N+](=O)[O-])c(C)n(CC)c1=O. The quantitative estimate of drug-likeness (QED) is 0.572. The van der Waals surface area contributed by atoms with Crippen LogP contribution in [-0.4, -0.2) is 14.1 Å². The third-order valence-corrected chi connectivity index (χ3v) is 2.60. The number of rotatable bonds is 4. The van der Waals surface area contributed by atoms with Crippen LogP contribution < -0.4 is 11.2 Å². The summed E-state index contributed by atoms with van der Waals surface area (Å²) in [4.78, 5) is 33.9. The number of nitro groups is 1. The number of nitrogens with zero attached hydrogens (tertiary/aromatic N) is 3. The maximum Gasteiger partial charge on any atom is 0.353 e. The van der Waals surface area contributed by atoms with Crippen LogP contribution in [0.4, 0.5) is 5.69 Å². The molecular formula is C10H15N3O4. The molecule has 0 aliphatic heterocycles. The van der Waals surface area contributed by atoms with Gasteiger partial charge in [-0.05, 0) is 20.3 Å². The Bertz CT molecular complexity index is 556. The molecule has 0 atom stereocenters. The van der Waals surface area contributed by atoms with E-state index >= 15 is 0 Å². The molecule has 0 aliphatic rings. The minimum Gasteiger partial charge on any atom is -0.291 e. The van der Waals surface area contributed by atoms with E-state index in [1.807, 2.05) is 0 Å². The molecule has 0 N–H and O–H groups in total. The topological polar surface area (TPSA) is 87.1 Å². The molecule has 7 nitrogen and oxygen atoms in total. The van der Waals surface area contributed by atoms with Gasteiger partial charge >= 0.3 is 16.9 Å². The molecule has 1 aromatic rings. The lowest BCUT2D eigenvalue weighted by Gasteiger charge is -2.10. The average molecular weight is 241 g/mol. The van der Waals surface area contributed by atoms with Gasteiger partial charge in [-0.25, -0.2) is 4.79 Å². The summed E-state index contributed by atoms with van der Waals surface area (Å²) >= 11 is 0. The molecule has 0 saturated heterocycles. The van der Waals surface area contributed by atoms with Crippen molar-refractivity contribution in [2.45, 2.75) is 40.3 Å². The summed E-state index contributed by atoms with van der Waals surface area (Å²) in [6.07, 6.45) is 0.569. The van der Waals surface area contributed by atoms with Gasteiger partial charge in [0.1, 0.15) is 5.69 Å². The highest BCUT2D eigenvalue weighted by Crippen LogP contribution is 2.09. The molecular weight excluding hydrogens is 226 g/mol. The Labute approximate surface area is 97.5 Å². The summed E-state index contributed by atoms with van der Waals surface area (Å²) in [6, 6.07) is 0. The Morgan fingerprint density at radius 2 is 1.82 bits per heavy atom. The van der Waals surface area contributed by atoms with Crippen molar-refractivity contribution >= 4 is 5.69 Å². The van der Waals surface area contributed by atoms with E-state index in [2.05, 4.69) is 0 Å². The van der Waals surface area contributed by atoms with E-state index in [9.17, 15) is 19.7 Å². The van der Waals surface area contributed by atoms with Crippen LogP contribution in [0.15, 0.2) is 9.59 Å². The molecule has 0 fully saturated rings. The van der Waals surface area contributed by atoms with Crippen molar-refractivity contribution in [2.24, 2.45) is 0 Å². The van der Waals surface area contributed by atoms with Gasteiger partial charge in [-0.1, -0.05) is 6.92 Å². The van der Waals surface area contributed by atoms with Crippen molar-refractivity contribution < 1.29 is 4.92 Å². The highest BCUT2D eigenvalue weighted by Gasteiger charge is 2.23. The molecule has 1 aromatic heterocycles. The molecule has 0 aliphatic carbocycles. The van der Waals surface area contributed by atoms with Gasteiger partial charge in [-0.2, -0.15) is 0 Å². The molecule has 1 rings (SSSR count). The molecule has 0 spiro atoms. The minimum absolute atomic E-state index is 0.111. The second-order valence-corrected chi connectivity index (χ2v) is 3.67. The maximum absolute atomic E-state index is 11.9. The van der Waals surface area contributed by atoms with Crippen molar-refractivity contribution in [3.8, 4) is 0 Å². The monoisotopic (exact) mass is 241 g/mol.